The smallest absolute Gasteiger partial charge is 0.128 e. The van der Waals surface area contributed by atoms with Crippen LogP contribution in [0.15, 0.2) is 60.8 Å². The van der Waals surface area contributed by atoms with Gasteiger partial charge in [0.05, 0.1) is 18.9 Å². The third-order valence-corrected chi connectivity index (χ3v) is 4.88. The van der Waals surface area contributed by atoms with E-state index in [0.717, 1.165) is 60.8 Å². The minimum Gasteiger partial charge on any atom is -0.496 e. The summed E-state index contributed by atoms with van der Waals surface area (Å²) in [5, 5.41) is 8.41. The van der Waals surface area contributed by atoms with E-state index < -0.39 is 0 Å². The maximum absolute atomic E-state index is 5.71. The number of aromatic nitrogens is 2. The van der Waals surface area contributed by atoms with Crippen LogP contribution >= 0.6 is 0 Å². The van der Waals surface area contributed by atoms with Gasteiger partial charge in [-0.25, -0.2) is 4.68 Å². The summed E-state index contributed by atoms with van der Waals surface area (Å²) in [5.74, 6) is 0.830. The van der Waals surface area contributed by atoms with E-state index in [1.54, 1.807) is 7.11 Å². The van der Waals surface area contributed by atoms with Gasteiger partial charge in [0.25, 0.3) is 0 Å². The molecule has 1 N–H and O–H groups in total. The lowest BCUT2D eigenvalue weighted by Crippen LogP contribution is -2.25. The number of hydrogen-bond acceptors (Lipinski definition) is 4. The molecule has 0 saturated carbocycles. The standard InChI is InChI=1S/C22H25N3O2/c1-26-21-12-6-5-11-20(21)22-17(14-23-15-19-10-7-13-27-19)16-25(24-22)18-8-3-2-4-9-18/h2-6,8-9,11-12,16,19,23H,7,10,13-15H2,1H3/t19-/m0/s1. The molecule has 0 unspecified atom stereocenters. The Kier molecular flexibility index (Phi) is 5.51. The molecule has 1 aliphatic heterocycles. The first-order valence-corrected chi connectivity index (χ1v) is 9.45. The second-order valence-corrected chi connectivity index (χ2v) is 6.75. The molecule has 1 atom stereocenters. The van der Waals surface area contributed by atoms with Crippen LogP contribution in [0, 0.1) is 0 Å². The van der Waals surface area contributed by atoms with Crippen LogP contribution in [-0.2, 0) is 11.3 Å². The number of methoxy groups -OCH3 is 1. The largest absolute Gasteiger partial charge is 0.496 e. The molecule has 0 amide bonds. The molecule has 1 aromatic heterocycles. The van der Waals surface area contributed by atoms with Gasteiger partial charge in [-0.15, -0.1) is 0 Å². The topological polar surface area (TPSA) is 48.3 Å². The molecule has 0 aliphatic carbocycles. The fourth-order valence-corrected chi connectivity index (χ4v) is 3.49. The zero-order valence-corrected chi connectivity index (χ0v) is 15.6. The molecule has 5 heteroatoms. The minimum absolute atomic E-state index is 0.323. The van der Waals surface area contributed by atoms with Crippen LogP contribution in [0.4, 0.5) is 0 Å². The normalized spacial score (nSPS) is 16.6. The molecule has 1 saturated heterocycles. The predicted molar refractivity (Wildman–Crippen MR) is 106 cm³/mol. The van der Waals surface area contributed by atoms with E-state index in [-0.39, 0.29) is 0 Å². The Bertz CT molecular complexity index is 870. The van der Waals surface area contributed by atoms with Crippen molar-refractivity contribution in [3.63, 3.8) is 0 Å². The first-order chi connectivity index (χ1) is 13.3. The first kappa shape index (κ1) is 17.8. The van der Waals surface area contributed by atoms with E-state index in [1.807, 2.05) is 41.1 Å². The number of nitrogens with one attached hydrogen (secondary N) is 1. The van der Waals surface area contributed by atoms with Gasteiger partial charge in [0, 0.05) is 37.0 Å². The molecular weight excluding hydrogens is 338 g/mol. The molecule has 1 fully saturated rings. The minimum atomic E-state index is 0.323. The Labute approximate surface area is 159 Å². The summed E-state index contributed by atoms with van der Waals surface area (Å²) in [6.45, 7) is 2.48. The van der Waals surface area contributed by atoms with Crippen molar-refractivity contribution in [3.8, 4) is 22.7 Å². The lowest BCUT2D eigenvalue weighted by atomic mass is 10.1. The third kappa shape index (κ3) is 4.04. The van der Waals surface area contributed by atoms with E-state index >= 15 is 0 Å². The molecular formula is C22H25N3O2. The van der Waals surface area contributed by atoms with Crippen LogP contribution in [0.5, 0.6) is 5.75 Å². The molecule has 2 aromatic carbocycles. The SMILES string of the molecule is COc1ccccc1-c1nn(-c2ccccc2)cc1CNC[C@@H]1CCCO1. The Balaban J connectivity index is 1.63. The van der Waals surface area contributed by atoms with Crippen LogP contribution in [0.1, 0.15) is 18.4 Å². The summed E-state index contributed by atoms with van der Waals surface area (Å²) < 4.78 is 13.2. The number of nitrogens with zero attached hydrogens (tertiary/aromatic N) is 2. The van der Waals surface area contributed by atoms with Crippen molar-refractivity contribution < 1.29 is 9.47 Å². The maximum atomic E-state index is 5.71. The molecule has 27 heavy (non-hydrogen) atoms. The number of para-hydroxylation sites is 2. The second-order valence-electron chi connectivity index (χ2n) is 6.75. The predicted octanol–water partition coefficient (Wildman–Crippen LogP) is 3.82. The zero-order chi connectivity index (χ0) is 18.5. The van der Waals surface area contributed by atoms with E-state index in [2.05, 4.69) is 29.7 Å². The lowest BCUT2D eigenvalue weighted by molar-refractivity contribution is 0.110. The van der Waals surface area contributed by atoms with Crippen molar-refractivity contribution in [1.29, 1.82) is 0 Å². The highest BCUT2D eigenvalue weighted by Gasteiger charge is 2.18. The van der Waals surface area contributed by atoms with E-state index in [4.69, 9.17) is 14.6 Å². The summed E-state index contributed by atoms with van der Waals surface area (Å²) in [7, 11) is 1.70. The average molecular weight is 363 g/mol. The highest BCUT2D eigenvalue weighted by Crippen LogP contribution is 2.31. The fourth-order valence-electron chi connectivity index (χ4n) is 3.49. The maximum Gasteiger partial charge on any atom is 0.128 e. The van der Waals surface area contributed by atoms with Crippen LogP contribution in [0.2, 0.25) is 0 Å². The van der Waals surface area contributed by atoms with Gasteiger partial charge in [-0.1, -0.05) is 30.3 Å². The van der Waals surface area contributed by atoms with Gasteiger partial charge in [-0.2, -0.15) is 5.10 Å². The molecule has 0 spiro atoms. The zero-order valence-electron chi connectivity index (χ0n) is 15.6. The molecule has 1 aliphatic rings. The highest BCUT2D eigenvalue weighted by molar-refractivity contribution is 5.70. The van der Waals surface area contributed by atoms with Gasteiger partial charge in [-0.05, 0) is 37.1 Å². The van der Waals surface area contributed by atoms with E-state index in [9.17, 15) is 0 Å². The van der Waals surface area contributed by atoms with Crippen molar-refractivity contribution >= 4 is 0 Å². The van der Waals surface area contributed by atoms with Crippen molar-refractivity contribution in [2.75, 3.05) is 20.3 Å². The van der Waals surface area contributed by atoms with Crippen molar-refractivity contribution in [2.45, 2.75) is 25.5 Å². The molecule has 5 nitrogen and oxygen atoms in total. The summed E-state index contributed by atoms with van der Waals surface area (Å²) in [4.78, 5) is 0. The van der Waals surface area contributed by atoms with Gasteiger partial charge in [-0.3, -0.25) is 0 Å². The monoisotopic (exact) mass is 363 g/mol. The van der Waals surface area contributed by atoms with Gasteiger partial charge in [0.1, 0.15) is 11.4 Å². The van der Waals surface area contributed by atoms with Crippen molar-refractivity contribution in [2.24, 2.45) is 0 Å². The van der Waals surface area contributed by atoms with Gasteiger partial charge >= 0.3 is 0 Å². The second kappa shape index (κ2) is 8.37. The molecule has 0 bridgehead atoms. The summed E-state index contributed by atoms with van der Waals surface area (Å²) in [5.41, 5.74) is 4.13. The fraction of sp³-hybridized carbons (Fsp3) is 0.318. The highest BCUT2D eigenvalue weighted by atomic mass is 16.5. The van der Waals surface area contributed by atoms with Crippen LogP contribution in [0.3, 0.4) is 0 Å². The van der Waals surface area contributed by atoms with Gasteiger partial charge in [0.2, 0.25) is 0 Å². The van der Waals surface area contributed by atoms with Crippen LogP contribution in [-0.4, -0.2) is 36.1 Å². The number of rotatable bonds is 7. The quantitative estimate of drug-likeness (QED) is 0.693. The van der Waals surface area contributed by atoms with Crippen LogP contribution in [0.25, 0.3) is 16.9 Å². The van der Waals surface area contributed by atoms with E-state index in [0.29, 0.717) is 6.10 Å². The van der Waals surface area contributed by atoms with Crippen LogP contribution < -0.4 is 10.1 Å². The Hall–Kier alpha value is -2.63. The number of benzene rings is 2. The molecule has 4 rings (SSSR count). The Morgan fingerprint density at radius 1 is 1.15 bits per heavy atom. The molecule has 140 valence electrons. The lowest BCUT2D eigenvalue weighted by Gasteiger charge is -2.11. The summed E-state index contributed by atoms with van der Waals surface area (Å²) in [6.07, 6.45) is 4.71. The van der Waals surface area contributed by atoms with E-state index in [1.165, 1.54) is 0 Å². The van der Waals surface area contributed by atoms with Crippen molar-refractivity contribution in [3.05, 3.63) is 66.4 Å². The van der Waals surface area contributed by atoms with Gasteiger partial charge in [0.15, 0.2) is 0 Å². The average Bonchev–Trinajstić information content (AvgIpc) is 3.39. The van der Waals surface area contributed by atoms with Crippen molar-refractivity contribution in [1.82, 2.24) is 15.1 Å². The first-order valence-electron chi connectivity index (χ1n) is 9.45. The Morgan fingerprint density at radius 3 is 2.74 bits per heavy atom. The van der Waals surface area contributed by atoms with Gasteiger partial charge < -0.3 is 14.8 Å². The Morgan fingerprint density at radius 2 is 1.96 bits per heavy atom. The number of ether oxygens (including phenoxy) is 2. The third-order valence-electron chi connectivity index (χ3n) is 4.88. The molecule has 2 heterocycles. The molecule has 0 radical (unpaired) electrons. The summed E-state index contributed by atoms with van der Waals surface area (Å²) in [6, 6.07) is 18.2. The summed E-state index contributed by atoms with van der Waals surface area (Å²) >= 11 is 0. The number of hydrogen-bond donors (Lipinski definition) is 1. The molecule has 3 aromatic rings.